The van der Waals surface area contributed by atoms with Crippen LogP contribution in [0, 0.1) is 0 Å². The molecule has 2 aromatic heterocycles. The Hall–Kier alpha value is -2.98. The Labute approximate surface area is 155 Å². The van der Waals surface area contributed by atoms with Gasteiger partial charge >= 0.3 is 5.97 Å². The average molecular weight is 366 g/mol. The fourth-order valence-electron chi connectivity index (χ4n) is 3.39. The monoisotopic (exact) mass is 365 g/mol. The van der Waals surface area contributed by atoms with E-state index in [1.807, 2.05) is 43.4 Å². The first-order valence-corrected chi connectivity index (χ1v) is 8.56. The van der Waals surface area contributed by atoms with Crippen LogP contribution < -0.4 is 0 Å². The molecule has 5 heteroatoms. The first-order chi connectivity index (χ1) is 12.5. The van der Waals surface area contributed by atoms with Gasteiger partial charge < -0.3 is 14.1 Å². The van der Waals surface area contributed by atoms with E-state index in [-0.39, 0.29) is 5.76 Å². The van der Waals surface area contributed by atoms with E-state index in [2.05, 4.69) is 16.7 Å². The van der Waals surface area contributed by atoms with Crippen LogP contribution in [0.25, 0.3) is 22.2 Å². The summed E-state index contributed by atoms with van der Waals surface area (Å²) in [5, 5.41) is 10.8. The quantitative estimate of drug-likeness (QED) is 0.528. The second kappa shape index (κ2) is 6.39. The molecule has 0 aliphatic heterocycles. The van der Waals surface area contributed by atoms with Crippen LogP contribution in [-0.2, 0) is 13.5 Å². The van der Waals surface area contributed by atoms with Crippen molar-refractivity contribution in [2.75, 3.05) is 0 Å². The summed E-state index contributed by atoms with van der Waals surface area (Å²) in [6.45, 7) is 0. The maximum Gasteiger partial charge on any atom is 0.371 e. The van der Waals surface area contributed by atoms with E-state index in [9.17, 15) is 4.79 Å². The lowest BCUT2D eigenvalue weighted by Gasteiger charge is -2.08. The summed E-state index contributed by atoms with van der Waals surface area (Å²) in [6.07, 6.45) is 0.497. The van der Waals surface area contributed by atoms with Gasteiger partial charge in [-0.3, -0.25) is 0 Å². The van der Waals surface area contributed by atoms with Crippen molar-refractivity contribution in [2.24, 2.45) is 7.05 Å². The van der Waals surface area contributed by atoms with Crippen molar-refractivity contribution in [2.45, 2.75) is 6.42 Å². The molecular formula is C21H16ClNO3. The molecule has 0 fully saturated rings. The zero-order valence-electron chi connectivity index (χ0n) is 14.1. The van der Waals surface area contributed by atoms with Crippen LogP contribution in [0.1, 0.15) is 21.9 Å². The molecule has 0 atom stereocenters. The lowest BCUT2D eigenvalue weighted by molar-refractivity contribution is 0.0660. The summed E-state index contributed by atoms with van der Waals surface area (Å²) in [7, 11) is 2.01. The molecule has 4 rings (SSSR count). The molecule has 2 heterocycles. The standard InChI is InChI=1S/C21H16ClNO3/c1-23-18-11-14(22)7-9-16(18)17(20(23)13-5-3-2-4-6-13)12-15-8-10-19(26-15)21(24)25/h2-11H,12H2,1H3,(H,24,25). The van der Waals surface area contributed by atoms with Gasteiger partial charge in [-0.05, 0) is 35.4 Å². The van der Waals surface area contributed by atoms with Crippen molar-refractivity contribution in [3.05, 3.63) is 82.8 Å². The number of furan rings is 1. The number of benzene rings is 2. The van der Waals surface area contributed by atoms with Gasteiger partial charge in [-0.2, -0.15) is 0 Å². The van der Waals surface area contributed by atoms with Crippen molar-refractivity contribution < 1.29 is 14.3 Å². The average Bonchev–Trinajstić information content (AvgIpc) is 3.20. The normalized spacial score (nSPS) is 11.2. The zero-order chi connectivity index (χ0) is 18.3. The number of aryl methyl sites for hydroxylation is 1. The van der Waals surface area contributed by atoms with Gasteiger partial charge in [0, 0.05) is 23.9 Å². The van der Waals surface area contributed by atoms with E-state index >= 15 is 0 Å². The maximum absolute atomic E-state index is 11.1. The maximum atomic E-state index is 11.1. The van der Waals surface area contributed by atoms with E-state index in [4.69, 9.17) is 21.1 Å². The Morgan fingerprint density at radius 3 is 2.58 bits per heavy atom. The summed E-state index contributed by atoms with van der Waals surface area (Å²) >= 11 is 6.20. The van der Waals surface area contributed by atoms with Gasteiger partial charge in [0.05, 0.1) is 11.2 Å². The summed E-state index contributed by atoms with van der Waals surface area (Å²) in [5.41, 5.74) is 4.26. The highest BCUT2D eigenvalue weighted by Crippen LogP contribution is 2.36. The highest BCUT2D eigenvalue weighted by atomic mass is 35.5. The molecule has 0 bridgehead atoms. The van der Waals surface area contributed by atoms with Gasteiger partial charge in [0.1, 0.15) is 5.76 Å². The Morgan fingerprint density at radius 2 is 1.88 bits per heavy atom. The topological polar surface area (TPSA) is 55.4 Å². The van der Waals surface area contributed by atoms with E-state index < -0.39 is 5.97 Å². The molecule has 0 aliphatic carbocycles. The van der Waals surface area contributed by atoms with Crippen LogP contribution >= 0.6 is 11.6 Å². The Balaban J connectivity index is 1.92. The summed E-state index contributed by atoms with van der Waals surface area (Å²) in [6, 6.07) is 19.1. The third kappa shape index (κ3) is 2.78. The minimum Gasteiger partial charge on any atom is -0.475 e. The van der Waals surface area contributed by atoms with Crippen molar-refractivity contribution in [3.63, 3.8) is 0 Å². The minimum atomic E-state index is -1.07. The number of fused-ring (bicyclic) bond motifs is 1. The molecule has 1 N–H and O–H groups in total. The Morgan fingerprint density at radius 1 is 1.12 bits per heavy atom. The third-order valence-corrected chi connectivity index (χ3v) is 4.77. The van der Waals surface area contributed by atoms with Gasteiger partial charge in [-0.1, -0.05) is 48.0 Å². The Kier molecular flexibility index (Phi) is 4.05. The molecule has 26 heavy (non-hydrogen) atoms. The first kappa shape index (κ1) is 16.5. The molecule has 0 aliphatic rings. The van der Waals surface area contributed by atoms with Crippen LogP contribution in [0.2, 0.25) is 5.02 Å². The predicted molar refractivity (Wildman–Crippen MR) is 102 cm³/mol. The highest BCUT2D eigenvalue weighted by Gasteiger charge is 2.19. The Bertz CT molecular complexity index is 1110. The molecule has 4 aromatic rings. The van der Waals surface area contributed by atoms with Crippen molar-refractivity contribution >= 4 is 28.5 Å². The van der Waals surface area contributed by atoms with Gasteiger partial charge in [-0.25, -0.2) is 4.79 Å². The van der Waals surface area contributed by atoms with Crippen LogP contribution in [-0.4, -0.2) is 15.6 Å². The van der Waals surface area contributed by atoms with Crippen LogP contribution in [0.3, 0.4) is 0 Å². The molecule has 0 saturated carbocycles. The molecule has 0 saturated heterocycles. The molecule has 0 amide bonds. The number of halogens is 1. The molecular weight excluding hydrogens is 350 g/mol. The zero-order valence-corrected chi connectivity index (χ0v) is 14.8. The highest BCUT2D eigenvalue weighted by molar-refractivity contribution is 6.31. The SMILES string of the molecule is Cn1c(-c2ccccc2)c(Cc2ccc(C(=O)O)o2)c2ccc(Cl)cc21. The third-order valence-electron chi connectivity index (χ3n) is 4.54. The molecule has 4 nitrogen and oxygen atoms in total. The van der Waals surface area contributed by atoms with E-state index in [0.29, 0.717) is 17.2 Å². The lowest BCUT2D eigenvalue weighted by Crippen LogP contribution is -1.95. The second-order valence-corrected chi connectivity index (χ2v) is 6.60. The summed E-state index contributed by atoms with van der Waals surface area (Å²) in [4.78, 5) is 11.1. The summed E-state index contributed by atoms with van der Waals surface area (Å²) in [5.74, 6) is -0.504. The van der Waals surface area contributed by atoms with Gasteiger partial charge in [0.2, 0.25) is 5.76 Å². The largest absolute Gasteiger partial charge is 0.475 e. The van der Waals surface area contributed by atoms with Gasteiger partial charge in [-0.15, -0.1) is 0 Å². The molecule has 2 aromatic carbocycles. The fourth-order valence-corrected chi connectivity index (χ4v) is 3.56. The van der Waals surface area contributed by atoms with Gasteiger partial charge in [0.15, 0.2) is 0 Å². The molecule has 130 valence electrons. The molecule has 0 unspecified atom stereocenters. The number of rotatable bonds is 4. The molecule has 0 spiro atoms. The number of aromatic nitrogens is 1. The molecule has 0 radical (unpaired) electrons. The smallest absolute Gasteiger partial charge is 0.371 e. The van der Waals surface area contributed by atoms with Crippen LogP contribution in [0.4, 0.5) is 0 Å². The first-order valence-electron chi connectivity index (χ1n) is 8.19. The van der Waals surface area contributed by atoms with Gasteiger partial charge in [0.25, 0.3) is 0 Å². The van der Waals surface area contributed by atoms with Crippen molar-refractivity contribution in [1.29, 1.82) is 0 Å². The number of carboxylic acids is 1. The van der Waals surface area contributed by atoms with E-state index in [1.54, 1.807) is 6.07 Å². The number of aromatic carboxylic acids is 1. The van der Waals surface area contributed by atoms with E-state index in [1.165, 1.54) is 6.07 Å². The van der Waals surface area contributed by atoms with E-state index in [0.717, 1.165) is 27.7 Å². The van der Waals surface area contributed by atoms with Crippen LogP contribution in [0.15, 0.2) is 65.1 Å². The lowest BCUT2D eigenvalue weighted by atomic mass is 10.0. The number of nitrogens with zero attached hydrogens (tertiary/aromatic N) is 1. The number of carbonyl (C=O) groups is 1. The number of hydrogen-bond acceptors (Lipinski definition) is 2. The van der Waals surface area contributed by atoms with Crippen LogP contribution in [0.5, 0.6) is 0 Å². The summed E-state index contributed by atoms with van der Waals surface area (Å²) < 4.78 is 7.60. The second-order valence-electron chi connectivity index (χ2n) is 6.16. The predicted octanol–water partition coefficient (Wildman–Crippen LogP) is 5.38. The minimum absolute atomic E-state index is 0.0513. The fraction of sp³-hybridized carbons (Fsp3) is 0.0952. The van der Waals surface area contributed by atoms with Crippen molar-refractivity contribution in [3.8, 4) is 11.3 Å². The van der Waals surface area contributed by atoms with Crippen molar-refractivity contribution in [1.82, 2.24) is 4.57 Å². The number of carboxylic acid groups (broad SMARTS) is 1. The number of hydrogen-bond donors (Lipinski definition) is 1.